The van der Waals surface area contributed by atoms with E-state index in [9.17, 15) is 22.4 Å². The number of hydrogen-bond acceptors (Lipinski definition) is 2. The smallest absolute Gasteiger partial charge is 0.417 e. The van der Waals surface area contributed by atoms with Gasteiger partial charge in [0.15, 0.2) is 0 Å². The van der Waals surface area contributed by atoms with Gasteiger partial charge in [0.05, 0.1) is 23.6 Å². The normalized spacial score (nSPS) is 11.4. The summed E-state index contributed by atoms with van der Waals surface area (Å²) in [7, 11) is 1.11. The molecule has 1 aromatic carbocycles. The number of carbonyl (C=O) groups excluding carboxylic acids is 1. The van der Waals surface area contributed by atoms with Gasteiger partial charge in [-0.1, -0.05) is 6.07 Å². The van der Waals surface area contributed by atoms with Crippen LogP contribution in [-0.2, 0) is 22.1 Å². The van der Waals surface area contributed by atoms with Crippen molar-refractivity contribution >= 4 is 21.9 Å². The van der Waals surface area contributed by atoms with E-state index >= 15 is 0 Å². The molecule has 7 heteroatoms. The maximum Gasteiger partial charge on any atom is 0.417 e. The Bertz CT molecular complexity index is 443. The summed E-state index contributed by atoms with van der Waals surface area (Å²) in [6.45, 7) is 0. The first kappa shape index (κ1) is 14.0. The molecule has 1 rings (SSSR count). The van der Waals surface area contributed by atoms with Crippen molar-refractivity contribution in [2.24, 2.45) is 0 Å². The van der Waals surface area contributed by atoms with Gasteiger partial charge in [0.1, 0.15) is 5.82 Å². The van der Waals surface area contributed by atoms with Crippen LogP contribution in [0.25, 0.3) is 0 Å². The number of rotatable bonds is 2. The molecule has 0 radical (unpaired) electrons. The van der Waals surface area contributed by atoms with Crippen LogP contribution in [0.15, 0.2) is 16.6 Å². The average Bonchev–Trinajstić information content (AvgIpc) is 2.22. The fourth-order valence-corrected chi connectivity index (χ4v) is 1.78. The van der Waals surface area contributed by atoms with Gasteiger partial charge in [0.2, 0.25) is 0 Å². The highest BCUT2D eigenvalue weighted by molar-refractivity contribution is 9.10. The van der Waals surface area contributed by atoms with Gasteiger partial charge in [0, 0.05) is 5.56 Å². The Morgan fingerprint density at radius 1 is 1.41 bits per heavy atom. The lowest BCUT2D eigenvalue weighted by Gasteiger charge is -2.11. The molecule has 17 heavy (non-hydrogen) atoms. The molecule has 0 aliphatic rings. The van der Waals surface area contributed by atoms with Crippen LogP contribution < -0.4 is 0 Å². The third kappa shape index (κ3) is 3.18. The molecule has 94 valence electrons. The van der Waals surface area contributed by atoms with Crippen LogP contribution in [0.4, 0.5) is 17.6 Å². The molecule has 0 aromatic heterocycles. The molecule has 0 saturated carbocycles. The van der Waals surface area contributed by atoms with E-state index < -0.39 is 34.4 Å². The van der Waals surface area contributed by atoms with Crippen molar-refractivity contribution in [1.82, 2.24) is 0 Å². The summed E-state index contributed by atoms with van der Waals surface area (Å²) >= 11 is 2.53. The monoisotopic (exact) mass is 314 g/mol. The first-order chi connectivity index (χ1) is 7.77. The summed E-state index contributed by atoms with van der Waals surface area (Å²) in [5.74, 6) is -1.83. The zero-order chi connectivity index (χ0) is 13.2. The second-order valence-electron chi connectivity index (χ2n) is 3.15. The third-order valence-corrected chi connectivity index (χ3v) is 2.81. The molecular formula is C10H7BrF4O2. The van der Waals surface area contributed by atoms with Gasteiger partial charge in [-0.3, -0.25) is 4.79 Å². The predicted octanol–water partition coefficient (Wildman–Crippen LogP) is 3.32. The number of methoxy groups -OCH3 is 1. The highest BCUT2D eigenvalue weighted by atomic mass is 79.9. The second-order valence-corrected chi connectivity index (χ2v) is 3.94. The molecule has 0 saturated heterocycles. The molecule has 0 bridgehead atoms. The summed E-state index contributed by atoms with van der Waals surface area (Å²) in [5.41, 5.74) is -1.28. The number of esters is 1. The molecule has 0 aliphatic carbocycles. The van der Waals surface area contributed by atoms with Gasteiger partial charge >= 0.3 is 12.1 Å². The van der Waals surface area contributed by atoms with Crippen molar-refractivity contribution in [3.8, 4) is 0 Å². The lowest BCUT2D eigenvalue weighted by atomic mass is 10.1. The quantitative estimate of drug-likeness (QED) is 0.618. The van der Waals surface area contributed by atoms with Crippen molar-refractivity contribution in [1.29, 1.82) is 0 Å². The van der Waals surface area contributed by atoms with Gasteiger partial charge in [-0.25, -0.2) is 4.39 Å². The minimum absolute atomic E-state index is 0.156. The Morgan fingerprint density at radius 3 is 2.47 bits per heavy atom. The van der Waals surface area contributed by atoms with Crippen LogP contribution in [0.3, 0.4) is 0 Å². The van der Waals surface area contributed by atoms with Crippen molar-refractivity contribution in [2.75, 3.05) is 7.11 Å². The Balaban J connectivity index is 3.15. The number of alkyl halides is 3. The minimum atomic E-state index is -4.65. The number of halogens is 5. The van der Waals surface area contributed by atoms with Crippen molar-refractivity contribution in [3.63, 3.8) is 0 Å². The number of benzene rings is 1. The second kappa shape index (κ2) is 5.03. The van der Waals surface area contributed by atoms with E-state index in [0.29, 0.717) is 6.07 Å². The zero-order valence-electron chi connectivity index (χ0n) is 8.57. The summed E-state index contributed by atoms with van der Waals surface area (Å²) < 4.78 is 54.3. The van der Waals surface area contributed by atoms with E-state index in [1.165, 1.54) is 0 Å². The number of ether oxygens (including phenoxy) is 1. The zero-order valence-corrected chi connectivity index (χ0v) is 10.2. The maximum atomic E-state index is 13.5. The molecule has 0 amide bonds. The molecule has 0 fully saturated rings. The maximum absolute atomic E-state index is 13.5. The van der Waals surface area contributed by atoms with Gasteiger partial charge < -0.3 is 4.74 Å². The summed E-state index contributed by atoms with van der Waals surface area (Å²) in [4.78, 5) is 10.9. The van der Waals surface area contributed by atoms with Crippen molar-refractivity contribution < 1.29 is 27.1 Å². The molecule has 0 atom stereocenters. The lowest BCUT2D eigenvalue weighted by molar-refractivity contribution is -0.139. The van der Waals surface area contributed by atoms with E-state index in [2.05, 4.69) is 20.7 Å². The van der Waals surface area contributed by atoms with Crippen LogP contribution in [0.1, 0.15) is 11.1 Å². The summed E-state index contributed by atoms with van der Waals surface area (Å²) in [6.07, 6.45) is -5.07. The van der Waals surface area contributed by atoms with Gasteiger partial charge in [-0.15, -0.1) is 0 Å². The largest absolute Gasteiger partial charge is 0.469 e. The van der Waals surface area contributed by atoms with Crippen LogP contribution in [0, 0.1) is 5.82 Å². The highest BCUT2D eigenvalue weighted by Crippen LogP contribution is 2.37. The molecular weight excluding hydrogens is 308 g/mol. The fourth-order valence-electron chi connectivity index (χ4n) is 1.17. The van der Waals surface area contributed by atoms with E-state index in [4.69, 9.17) is 0 Å². The van der Waals surface area contributed by atoms with Crippen LogP contribution >= 0.6 is 15.9 Å². The molecule has 0 N–H and O–H groups in total. The SMILES string of the molecule is COC(=O)Cc1ccc(C(F)(F)F)c(Br)c1F. The van der Waals surface area contributed by atoms with Crippen LogP contribution in [0.5, 0.6) is 0 Å². The molecule has 0 spiro atoms. The van der Waals surface area contributed by atoms with E-state index in [0.717, 1.165) is 13.2 Å². The molecule has 0 unspecified atom stereocenters. The third-order valence-electron chi connectivity index (χ3n) is 2.03. The van der Waals surface area contributed by atoms with E-state index in [1.807, 2.05) is 0 Å². The lowest BCUT2D eigenvalue weighted by Crippen LogP contribution is -2.11. The Labute approximate surface area is 103 Å². The van der Waals surface area contributed by atoms with Crippen molar-refractivity contribution in [2.45, 2.75) is 12.6 Å². The van der Waals surface area contributed by atoms with Gasteiger partial charge in [-0.05, 0) is 22.0 Å². The van der Waals surface area contributed by atoms with Crippen LogP contribution in [-0.4, -0.2) is 13.1 Å². The van der Waals surface area contributed by atoms with E-state index in [-0.39, 0.29) is 5.56 Å². The molecule has 1 aromatic rings. The first-order valence-electron chi connectivity index (χ1n) is 4.38. The summed E-state index contributed by atoms with van der Waals surface area (Å²) in [6, 6.07) is 1.63. The summed E-state index contributed by atoms with van der Waals surface area (Å²) in [5, 5.41) is 0. The topological polar surface area (TPSA) is 26.3 Å². The molecule has 2 nitrogen and oxygen atoms in total. The van der Waals surface area contributed by atoms with Crippen LogP contribution in [0.2, 0.25) is 0 Å². The average molecular weight is 315 g/mol. The minimum Gasteiger partial charge on any atom is -0.469 e. The standard InChI is InChI=1S/C10H7BrF4O2/c1-17-7(16)4-5-2-3-6(10(13,14)15)8(11)9(5)12/h2-3H,4H2,1H3. The first-order valence-corrected chi connectivity index (χ1v) is 5.17. The molecule has 0 aliphatic heterocycles. The number of carbonyl (C=O) groups is 1. The van der Waals surface area contributed by atoms with Gasteiger partial charge in [-0.2, -0.15) is 13.2 Å². The van der Waals surface area contributed by atoms with Gasteiger partial charge in [0.25, 0.3) is 0 Å². The number of hydrogen-bond donors (Lipinski definition) is 0. The Morgan fingerprint density at radius 2 is 2.00 bits per heavy atom. The van der Waals surface area contributed by atoms with E-state index in [1.54, 1.807) is 0 Å². The van der Waals surface area contributed by atoms with Crippen molar-refractivity contribution in [3.05, 3.63) is 33.5 Å². The Kier molecular flexibility index (Phi) is 4.13. The highest BCUT2D eigenvalue weighted by Gasteiger charge is 2.34. The fraction of sp³-hybridized carbons (Fsp3) is 0.300. The molecule has 0 heterocycles. The Hall–Kier alpha value is -1.11. The predicted molar refractivity (Wildman–Crippen MR) is 54.8 cm³/mol.